The number of thiophene rings is 1. The minimum Gasteiger partial charge on any atom is -0.330 e. The van der Waals surface area contributed by atoms with E-state index in [9.17, 15) is 13.2 Å². The summed E-state index contributed by atoms with van der Waals surface area (Å²) in [6.07, 6.45) is -3.70. The first-order valence-electron chi connectivity index (χ1n) is 3.40. The lowest BCUT2D eigenvalue weighted by molar-refractivity contribution is -0.134. The summed E-state index contributed by atoms with van der Waals surface area (Å²) in [5.41, 5.74) is 5.20. The fourth-order valence-corrected chi connectivity index (χ4v) is 1.70. The van der Waals surface area contributed by atoms with Gasteiger partial charge in [0.05, 0.1) is 0 Å². The van der Waals surface area contributed by atoms with E-state index in [4.69, 9.17) is 5.73 Å². The first-order valence-corrected chi connectivity index (χ1v) is 4.21. The lowest BCUT2D eigenvalue weighted by atomic mass is 10.3. The standard InChI is InChI=1S/C7H8F3NS.ClH/c8-7(9,10)6-2-1-5(12-6)3-4-11;/h1-2H,3-4,11H2;1H. The molecule has 0 fully saturated rings. The molecule has 0 aliphatic rings. The van der Waals surface area contributed by atoms with Crippen LogP contribution in [0.1, 0.15) is 9.75 Å². The van der Waals surface area contributed by atoms with Crippen LogP contribution in [-0.2, 0) is 12.6 Å². The third-order valence-electron chi connectivity index (χ3n) is 1.33. The molecule has 0 amide bonds. The van der Waals surface area contributed by atoms with Gasteiger partial charge in [-0.2, -0.15) is 13.2 Å². The van der Waals surface area contributed by atoms with E-state index in [0.29, 0.717) is 17.8 Å². The fraction of sp³-hybridized carbons (Fsp3) is 0.429. The van der Waals surface area contributed by atoms with Crippen LogP contribution in [0.15, 0.2) is 12.1 Å². The molecule has 1 rings (SSSR count). The Labute approximate surface area is 84.2 Å². The van der Waals surface area contributed by atoms with Gasteiger partial charge in [0.1, 0.15) is 4.88 Å². The number of nitrogens with two attached hydrogens (primary N) is 1. The molecule has 0 saturated heterocycles. The molecule has 0 bridgehead atoms. The molecule has 76 valence electrons. The van der Waals surface area contributed by atoms with Crippen LogP contribution >= 0.6 is 23.7 Å². The minimum atomic E-state index is -4.21. The predicted molar refractivity (Wildman–Crippen MR) is 49.3 cm³/mol. The Balaban J connectivity index is 0.00000144. The average Bonchev–Trinajstić information content (AvgIpc) is 2.35. The molecule has 2 N–H and O–H groups in total. The van der Waals surface area contributed by atoms with Gasteiger partial charge in [0.25, 0.3) is 0 Å². The van der Waals surface area contributed by atoms with Crippen molar-refractivity contribution in [3.8, 4) is 0 Å². The second-order valence-electron chi connectivity index (χ2n) is 2.30. The van der Waals surface area contributed by atoms with Crippen molar-refractivity contribution < 1.29 is 13.2 Å². The highest BCUT2D eigenvalue weighted by molar-refractivity contribution is 7.12. The smallest absolute Gasteiger partial charge is 0.330 e. The lowest BCUT2D eigenvalue weighted by Crippen LogP contribution is -2.01. The van der Waals surface area contributed by atoms with Gasteiger partial charge >= 0.3 is 6.18 Å². The van der Waals surface area contributed by atoms with Crippen molar-refractivity contribution in [2.24, 2.45) is 5.73 Å². The summed E-state index contributed by atoms with van der Waals surface area (Å²) in [5.74, 6) is 0. The van der Waals surface area contributed by atoms with Crippen LogP contribution in [0, 0.1) is 0 Å². The second-order valence-corrected chi connectivity index (χ2v) is 3.47. The van der Waals surface area contributed by atoms with Crippen molar-refractivity contribution >= 4 is 23.7 Å². The van der Waals surface area contributed by atoms with Crippen molar-refractivity contribution in [1.82, 2.24) is 0 Å². The van der Waals surface area contributed by atoms with E-state index >= 15 is 0 Å². The van der Waals surface area contributed by atoms with Crippen molar-refractivity contribution in [2.75, 3.05) is 6.54 Å². The van der Waals surface area contributed by atoms with Crippen molar-refractivity contribution in [3.63, 3.8) is 0 Å². The molecule has 0 aliphatic carbocycles. The summed E-state index contributed by atoms with van der Waals surface area (Å²) in [4.78, 5) is 0.135. The topological polar surface area (TPSA) is 26.0 Å². The highest BCUT2D eigenvalue weighted by Gasteiger charge is 2.32. The maximum Gasteiger partial charge on any atom is 0.425 e. The van der Waals surface area contributed by atoms with E-state index in [1.165, 1.54) is 6.07 Å². The summed E-state index contributed by atoms with van der Waals surface area (Å²) in [6.45, 7) is 0.387. The molecule has 1 aromatic rings. The molecule has 1 nitrogen and oxygen atoms in total. The van der Waals surface area contributed by atoms with Gasteiger partial charge in [0.15, 0.2) is 0 Å². The molecule has 0 radical (unpaired) electrons. The van der Waals surface area contributed by atoms with Gasteiger partial charge in [-0.3, -0.25) is 0 Å². The normalized spacial score (nSPS) is 11.1. The van der Waals surface area contributed by atoms with E-state index in [2.05, 4.69) is 0 Å². The van der Waals surface area contributed by atoms with Crippen molar-refractivity contribution in [1.29, 1.82) is 0 Å². The molecule has 13 heavy (non-hydrogen) atoms. The van der Waals surface area contributed by atoms with Gasteiger partial charge in [0, 0.05) is 4.88 Å². The molecule has 0 spiro atoms. The third-order valence-corrected chi connectivity index (χ3v) is 2.52. The van der Waals surface area contributed by atoms with E-state index in [1.807, 2.05) is 0 Å². The monoisotopic (exact) mass is 231 g/mol. The van der Waals surface area contributed by atoms with Crippen LogP contribution < -0.4 is 5.73 Å². The van der Waals surface area contributed by atoms with Gasteiger partial charge in [-0.15, -0.1) is 23.7 Å². The number of alkyl halides is 3. The molecule has 0 unspecified atom stereocenters. The van der Waals surface area contributed by atoms with Gasteiger partial charge in [-0.1, -0.05) is 0 Å². The Morgan fingerprint density at radius 3 is 2.31 bits per heavy atom. The van der Waals surface area contributed by atoms with E-state index in [1.54, 1.807) is 0 Å². The Hall–Kier alpha value is -0.260. The molecule has 6 heteroatoms. The first kappa shape index (κ1) is 12.7. The molecular weight excluding hydrogens is 223 g/mol. The highest BCUT2D eigenvalue weighted by Crippen LogP contribution is 2.34. The first-order chi connectivity index (χ1) is 5.54. The number of rotatable bonds is 2. The zero-order valence-electron chi connectivity index (χ0n) is 6.60. The molecule has 1 heterocycles. The number of hydrogen-bond acceptors (Lipinski definition) is 2. The Kier molecular flexibility index (Phi) is 4.74. The summed E-state index contributed by atoms with van der Waals surface area (Å²) in [7, 11) is 0. The number of hydrogen-bond donors (Lipinski definition) is 1. The molecule has 0 atom stereocenters. The summed E-state index contributed by atoms with van der Waals surface area (Å²) in [6, 6.07) is 2.57. The highest BCUT2D eigenvalue weighted by atomic mass is 35.5. The molecular formula is C7H9ClF3NS. The molecule has 0 saturated carbocycles. The van der Waals surface area contributed by atoms with Crippen molar-refractivity contribution in [3.05, 3.63) is 21.9 Å². The SMILES string of the molecule is Cl.NCCc1ccc(C(F)(F)F)s1. The van der Waals surface area contributed by atoms with Crippen LogP contribution in [0.25, 0.3) is 0 Å². The summed E-state index contributed by atoms with van der Waals surface area (Å²) < 4.78 is 36.1. The van der Waals surface area contributed by atoms with Gasteiger partial charge in [-0.25, -0.2) is 0 Å². The zero-order chi connectivity index (χ0) is 9.19. The van der Waals surface area contributed by atoms with Gasteiger partial charge < -0.3 is 5.73 Å². The molecule has 0 aromatic carbocycles. The van der Waals surface area contributed by atoms with Gasteiger partial charge in [-0.05, 0) is 25.1 Å². The predicted octanol–water partition coefficient (Wildman–Crippen LogP) is 2.69. The van der Waals surface area contributed by atoms with Crippen LogP contribution in [0.5, 0.6) is 0 Å². The van der Waals surface area contributed by atoms with E-state index in [0.717, 1.165) is 17.4 Å². The van der Waals surface area contributed by atoms with Crippen LogP contribution in [-0.4, -0.2) is 6.54 Å². The Morgan fingerprint density at radius 1 is 1.31 bits per heavy atom. The Morgan fingerprint density at radius 2 is 1.92 bits per heavy atom. The summed E-state index contributed by atoms with van der Waals surface area (Å²) in [5, 5.41) is 0. The molecule has 0 aliphatic heterocycles. The van der Waals surface area contributed by atoms with E-state index in [-0.39, 0.29) is 12.4 Å². The van der Waals surface area contributed by atoms with Crippen LogP contribution in [0.3, 0.4) is 0 Å². The van der Waals surface area contributed by atoms with Crippen molar-refractivity contribution in [2.45, 2.75) is 12.6 Å². The lowest BCUT2D eigenvalue weighted by Gasteiger charge is -2.00. The van der Waals surface area contributed by atoms with Gasteiger partial charge in [0.2, 0.25) is 0 Å². The number of halogens is 4. The Bertz CT molecular complexity index is 258. The average molecular weight is 232 g/mol. The summed E-state index contributed by atoms with van der Waals surface area (Å²) >= 11 is 0.759. The fourth-order valence-electron chi connectivity index (χ4n) is 0.807. The van der Waals surface area contributed by atoms with Crippen LogP contribution in [0.2, 0.25) is 0 Å². The maximum absolute atomic E-state index is 12.0. The minimum absolute atomic E-state index is 0. The van der Waals surface area contributed by atoms with E-state index < -0.39 is 11.1 Å². The van der Waals surface area contributed by atoms with Crippen LogP contribution in [0.4, 0.5) is 13.2 Å². The largest absolute Gasteiger partial charge is 0.425 e. The second kappa shape index (κ2) is 4.83. The quantitative estimate of drug-likeness (QED) is 0.832. The maximum atomic E-state index is 12.0. The molecule has 1 aromatic heterocycles. The zero-order valence-corrected chi connectivity index (χ0v) is 8.23. The third kappa shape index (κ3) is 3.54.